The van der Waals surface area contributed by atoms with E-state index in [1.54, 1.807) is 24.3 Å². The van der Waals surface area contributed by atoms with E-state index in [4.69, 9.17) is 22.8 Å². The number of hydrogen-bond donors (Lipinski definition) is 1. The minimum atomic E-state index is -2.66. The summed E-state index contributed by atoms with van der Waals surface area (Å²) in [5.41, 5.74) is 1.10. The van der Waals surface area contributed by atoms with E-state index in [1.807, 2.05) is 42.5 Å². The second kappa shape index (κ2) is 32.8. The predicted molar refractivity (Wildman–Crippen MR) is 362 cm³/mol. The second-order valence-electron chi connectivity index (χ2n) is 26.6. The van der Waals surface area contributed by atoms with Crippen LogP contribution in [0.25, 0.3) is 0 Å². The van der Waals surface area contributed by atoms with Gasteiger partial charge in [0.15, 0.2) is 8.32 Å². The van der Waals surface area contributed by atoms with Gasteiger partial charge in [-0.2, -0.15) is 0 Å². The summed E-state index contributed by atoms with van der Waals surface area (Å²) < 4.78 is 33.0. The van der Waals surface area contributed by atoms with Crippen molar-refractivity contribution in [3.63, 3.8) is 0 Å². The average molecular weight is 1200 g/mol. The van der Waals surface area contributed by atoms with Crippen LogP contribution in [0.15, 0.2) is 206 Å². The van der Waals surface area contributed by atoms with Crippen molar-refractivity contribution >= 4 is 57.6 Å². The second-order valence-corrected chi connectivity index (χ2v) is 39.9. The minimum absolute atomic E-state index is 0.0404. The fourth-order valence-corrected chi connectivity index (χ4v) is 21.3. The van der Waals surface area contributed by atoms with Gasteiger partial charge in [-0.3, -0.25) is 0 Å². The Morgan fingerprint density at radius 3 is 1.02 bits per heavy atom. The fourth-order valence-electron chi connectivity index (χ4n) is 10.8. The van der Waals surface area contributed by atoms with Crippen molar-refractivity contribution in [2.75, 3.05) is 13.2 Å². The summed E-state index contributed by atoms with van der Waals surface area (Å²) in [6.07, 6.45) is 12.1. The molecule has 0 saturated heterocycles. The van der Waals surface area contributed by atoms with Crippen LogP contribution in [-0.2, 0) is 22.8 Å². The van der Waals surface area contributed by atoms with E-state index in [1.165, 1.54) is 20.7 Å². The molecule has 0 saturated carbocycles. The third kappa shape index (κ3) is 19.9. The van der Waals surface area contributed by atoms with Gasteiger partial charge in [0.1, 0.15) is 12.2 Å². The Morgan fingerprint density at radius 2 is 0.741 bits per heavy atom. The lowest BCUT2D eigenvalue weighted by Gasteiger charge is -2.44. The van der Waals surface area contributed by atoms with Gasteiger partial charge in [0, 0.05) is 25.4 Å². The number of carbonyl (C=O) groups excluding carboxylic acids is 2. The summed E-state index contributed by atoms with van der Waals surface area (Å²) >= 11 is 0. The molecule has 0 aliphatic heterocycles. The molecule has 0 bridgehead atoms. The number of carbonyl (C=O) groups is 2. The van der Waals surface area contributed by atoms with Gasteiger partial charge in [0.2, 0.25) is 0 Å². The van der Waals surface area contributed by atoms with Crippen molar-refractivity contribution in [2.45, 2.75) is 181 Å². The van der Waals surface area contributed by atoms with Gasteiger partial charge in [0.05, 0.1) is 11.1 Å². The third-order valence-electron chi connectivity index (χ3n) is 16.7. The highest BCUT2D eigenvalue weighted by molar-refractivity contribution is 7.00. The van der Waals surface area contributed by atoms with Crippen molar-refractivity contribution in [2.24, 2.45) is 11.8 Å². The van der Waals surface area contributed by atoms with Crippen molar-refractivity contribution in [3.8, 4) is 0 Å². The first-order chi connectivity index (χ1) is 40.3. The fraction of sp³-hybridized carbons (Fsp3) is 0.432. The largest absolute Gasteiger partial charge is 0.454 e. The van der Waals surface area contributed by atoms with Crippen molar-refractivity contribution in [1.82, 2.24) is 0 Å². The standard InChI is InChI=1S/C40H58O4Si2.C34H44O4Si/c1-32(22-21-31-42-45(9,10)39(3,4)5)37(43-38(41)34-24-14-11-15-25-34)30-20-23-33(2)44-46(40(6,7)8,35-26-16-12-17-27-35)36-28-18-13-19-29-36;1-27(17-16-26-35)32(37-33(36)29-19-9-6-10-20-29)25-15-18-28(2)38-39(34(3,4)5,30-21-11-7-12-22-30)31-23-13-8-14-24-31/h11-20,24-30,32-33,37H,21-23,31H2,1-10H3;6-15,19-25,27-28,32,35H,16-18,26H2,1-5H3/b30-20-;25-15-/t32-,33-,37?;27-,28-,32?/m00/s1. The normalized spacial score (nSPS) is 14.8. The lowest BCUT2D eigenvalue weighted by atomic mass is 9.98. The molecule has 8 nitrogen and oxygen atoms in total. The molecule has 85 heavy (non-hydrogen) atoms. The summed E-state index contributed by atoms with van der Waals surface area (Å²) in [4.78, 5) is 26.0. The van der Waals surface area contributed by atoms with Crippen LogP contribution in [0.3, 0.4) is 0 Å². The molecule has 0 aliphatic carbocycles. The molecule has 0 fully saturated rings. The molecule has 0 aliphatic rings. The Balaban J connectivity index is 0.000000315. The first kappa shape index (κ1) is 70.0. The molecule has 11 heteroatoms. The van der Waals surface area contributed by atoms with E-state index >= 15 is 0 Å². The van der Waals surface area contributed by atoms with E-state index in [0.29, 0.717) is 30.4 Å². The van der Waals surface area contributed by atoms with E-state index < -0.39 is 25.0 Å². The zero-order valence-electron chi connectivity index (χ0n) is 54.1. The molecule has 2 unspecified atom stereocenters. The molecule has 0 heterocycles. The number of aliphatic hydroxyl groups is 1. The number of benzene rings is 6. The van der Waals surface area contributed by atoms with Gasteiger partial charge in [-0.25, -0.2) is 9.59 Å². The molecule has 0 amide bonds. The highest BCUT2D eigenvalue weighted by Gasteiger charge is 2.52. The zero-order valence-corrected chi connectivity index (χ0v) is 57.1. The Bertz CT molecular complexity index is 2840. The smallest absolute Gasteiger partial charge is 0.338 e. The van der Waals surface area contributed by atoms with Gasteiger partial charge in [-0.15, -0.1) is 0 Å². The van der Waals surface area contributed by atoms with E-state index in [0.717, 1.165) is 25.9 Å². The molecule has 458 valence electrons. The van der Waals surface area contributed by atoms with E-state index in [-0.39, 0.29) is 69.9 Å². The Labute approximate surface area is 515 Å². The van der Waals surface area contributed by atoms with Gasteiger partial charge < -0.3 is 27.9 Å². The summed E-state index contributed by atoms with van der Waals surface area (Å²) in [6.45, 7) is 34.5. The molecule has 6 rings (SSSR count). The van der Waals surface area contributed by atoms with Gasteiger partial charge in [0.25, 0.3) is 16.6 Å². The predicted octanol–water partition coefficient (Wildman–Crippen LogP) is 16.1. The van der Waals surface area contributed by atoms with Crippen molar-refractivity contribution in [3.05, 3.63) is 217 Å². The van der Waals surface area contributed by atoms with Crippen LogP contribution in [0.2, 0.25) is 28.2 Å². The quantitative estimate of drug-likeness (QED) is 0.0224. The highest BCUT2D eigenvalue weighted by atomic mass is 28.4. The monoisotopic (exact) mass is 1200 g/mol. The maximum absolute atomic E-state index is 13.1. The topological polar surface area (TPSA) is 101 Å². The molecule has 6 aromatic rings. The number of esters is 2. The van der Waals surface area contributed by atoms with Gasteiger partial charge >= 0.3 is 11.9 Å². The summed E-state index contributed by atoms with van der Waals surface area (Å²) in [7, 11) is -7.11. The maximum Gasteiger partial charge on any atom is 0.338 e. The number of ether oxygens (including phenoxy) is 2. The lowest BCUT2D eigenvalue weighted by molar-refractivity contribution is 0.0267. The maximum atomic E-state index is 13.1. The van der Waals surface area contributed by atoms with E-state index in [2.05, 4.69) is 243 Å². The van der Waals surface area contributed by atoms with Crippen LogP contribution in [0.5, 0.6) is 0 Å². The SMILES string of the molecule is C[C@@H](C/C=C\C(OC(=O)c1ccccc1)[C@@H](C)CCCO)O[Si](c1ccccc1)(c1ccccc1)C(C)(C)C.C[C@@H](C/C=C\C(OC(=O)c1ccccc1)[C@@H](C)CCCO[Si](C)(C)C(C)(C)C)O[Si](c1ccccc1)(c1ccccc1)C(C)(C)C. The van der Waals surface area contributed by atoms with Crippen LogP contribution in [0, 0.1) is 11.8 Å². The Kier molecular flexibility index (Phi) is 27.0. The van der Waals surface area contributed by atoms with Crippen LogP contribution < -0.4 is 20.7 Å². The van der Waals surface area contributed by atoms with Gasteiger partial charge in [-0.1, -0.05) is 246 Å². The molecule has 1 N–H and O–H groups in total. The highest BCUT2D eigenvalue weighted by Crippen LogP contribution is 2.40. The van der Waals surface area contributed by atoms with Crippen LogP contribution in [-0.4, -0.2) is 79.6 Å². The molecule has 0 radical (unpaired) electrons. The first-order valence-corrected chi connectivity index (χ1v) is 37.7. The Morgan fingerprint density at radius 1 is 0.447 bits per heavy atom. The first-order valence-electron chi connectivity index (χ1n) is 30.9. The summed E-state index contributed by atoms with van der Waals surface area (Å²) in [6, 6.07) is 61.1. The van der Waals surface area contributed by atoms with Crippen molar-refractivity contribution < 1.29 is 37.4 Å². The van der Waals surface area contributed by atoms with Crippen LogP contribution >= 0.6 is 0 Å². The van der Waals surface area contributed by atoms with Gasteiger partial charge in [-0.05, 0) is 150 Å². The molecular weight excluding hydrogens is 1100 g/mol. The van der Waals surface area contributed by atoms with Crippen LogP contribution in [0.4, 0.5) is 0 Å². The number of hydrogen-bond acceptors (Lipinski definition) is 8. The molecule has 0 aromatic heterocycles. The molecule has 6 aromatic carbocycles. The lowest BCUT2D eigenvalue weighted by Crippen LogP contribution is -2.67. The zero-order chi connectivity index (χ0) is 62.3. The summed E-state index contributed by atoms with van der Waals surface area (Å²) in [5, 5.41) is 14.4. The van der Waals surface area contributed by atoms with Crippen molar-refractivity contribution in [1.29, 1.82) is 0 Å². The Hall–Kier alpha value is -5.77. The summed E-state index contributed by atoms with van der Waals surface area (Å²) in [5.74, 6) is -0.414. The number of aliphatic hydroxyl groups excluding tert-OH is 1. The molecule has 6 atom stereocenters. The molecular formula is C74H102O8Si3. The van der Waals surface area contributed by atoms with Crippen LogP contribution in [0.1, 0.15) is 149 Å². The number of rotatable bonds is 28. The average Bonchev–Trinajstić information content (AvgIpc) is 1.12. The third-order valence-corrected chi connectivity index (χ3v) is 31.6. The minimum Gasteiger partial charge on any atom is -0.454 e. The molecule has 0 spiro atoms. The van der Waals surface area contributed by atoms with E-state index in [9.17, 15) is 14.7 Å².